The van der Waals surface area contributed by atoms with Crippen molar-refractivity contribution in [2.75, 3.05) is 13.2 Å². The highest BCUT2D eigenvalue weighted by molar-refractivity contribution is 5.85. The molecule has 0 aromatic heterocycles. The van der Waals surface area contributed by atoms with E-state index in [1.165, 1.54) is 4.90 Å². The summed E-state index contributed by atoms with van der Waals surface area (Å²) in [5.41, 5.74) is 4.57. The standard InChI is InChI=1S/C27H30N2O6/c1-2-16(13-25(30)29-22-11-12-34-24(22)14-23(29)26(31)32)28-27(33)35-15-21-19-9-5-3-7-17(19)18-8-4-6-10-20(18)21/h3-10,16,21-24H,2,11-15H2,1H3,(H,28,33)(H,31,32)/t16-,22?,23?,24?/m1/s1. The van der Waals surface area contributed by atoms with E-state index in [2.05, 4.69) is 29.6 Å². The van der Waals surface area contributed by atoms with Gasteiger partial charge in [0.2, 0.25) is 5.91 Å². The van der Waals surface area contributed by atoms with Crippen molar-refractivity contribution in [1.29, 1.82) is 0 Å². The predicted octanol–water partition coefficient (Wildman–Crippen LogP) is 3.54. The van der Waals surface area contributed by atoms with Gasteiger partial charge < -0.3 is 24.8 Å². The number of nitrogens with zero attached hydrogens (tertiary/aromatic N) is 1. The van der Waals surface area contributed by atoms with E-state index < -0.39 is 24.1 Å². The summed E-state index contributed by atoms with van der Waals surface area (Å²) in [6.45, 7) is 2.60. The van der Waals surface area contributed by atoms with Gasteiger partial charge in [-0.1, -0.05) is 55.5 Å². The average Bonchev–Trinajstić information content (AvgIpc) is 3.54. The van der Waals surface area contributed by atoms with Gasteiger partial charge in [-0.05, 0) is 35.1 Å². The number of ether oxygens (including phenoxy) is 2. The van der Waals surface area contributed by atoms with Gasteiger partial charge in [-0.3, -0.25) is 4.79 Å². The summed E-state index contributed by atoms with van der Waals surface area (Å²) in [4.78, 5) is 39.0. The Labute approximate surface area is 204 Å². The first kappa shape index (κ1) is 23.4. The molecule has 2 heterocycles. The lowest BCUT2D eigenvalue weighted by atomic mass is 9.98. The second kappa shape index (κ2) is 9.70. The highest BCUT2D eigenvalue weighted by Gasteiger charge is 2.49. The summed E-state index contributed by atoms with van der Waals surface area (Å²) < 4.78 is 11.2. The number of carboxylic acid groups (broad SMARTS) is 1. The van der Waals surface area contributed by atoms with Crippen molar-refractivity contribution in [2.45, 2.75) is 62.8 Å². The van der Waals surface area contributed by atoms with Gasteiger partial charge in [0.1, 0.15) is 12.6 Å². The molecule has 0 bridgehead atoms. The molecule has 0 radical (unpaired) electrons. The highest BCUT2D eigenvalue weighted by Crippen LogP contribution is 2.44. The van der Waals surface area contributed by atoms with E-state index in [-0.39, 0.29) is 37.0 Å². The number of aliphatic carboxylic acids is 1. The van der Waals surface area contributed by atoms with Gasteiger partial charge in [0, 0.05) is 31.4 Å². The summed E-state index contributed by atoms with van der Waals surface area (Å²) in [6.07, 6.45) is 0.680. The van der Waals surface area contributed by atoms with Gasteiger partial charge in [-0.15, -0.1) is 0 Å². The van der Waals surface area contributed by atoms with Crippen LogP contribution in [0, 0.1) is 0 Å². The number of carbonyl (C=O) groups excluding carboxylic acids is 2. The molecule has 8 heteroatoms. The van der Waals surface area contributed by atoms with E-state index in [1.54, 1.807) is 0 Å². The van der Waals surface area contributed by atoms with Crippen molar-refractivity contribution in [2.24, 2.45) is 0 Å². The molecule has 3 unspecified atom stereocenters. The fraction of sp³-hybridized carbons (Fsp3) is 0.444. The Morgan fingerprint density at radius 3 is 2.40 bits per heavy atom. The Kier molecular flexibility index (Phi) is 6.47. The van der Waals surface area contributed by atoms with Crippen LogP contribution in [-0.2, 0) is 19.1 Å². The number of carboxylic acids is 1. The molecule has 184 valence electrons. The van der Waals surface area contributed by atoms with Crippen LogP contribution in [-0.4, -0.2) is 65.4 Å². The molecule has 0 saturated carbocycles. The van der Waals surface area contributed by atoms with E-state index >= 15 is 0 Å². The first-order chi connectivity index (χ1) is 17.0. The van der Waals surface area contributed by atoms with Gasteiger partial charge in [0.05, 0.1) is 12.1 Å². The largest absolute Gasteiger partial charge is 0.480 e. The molecular weight excluding hydrogens is 448 g/mol. The van der Waals surface area contributed by atoms with Crippen molar-refractivity contribution in [1.82, 2.24) is 10.2 Å². The van der Waals surface area contributed by atoms with Gasteiger partial charge in [0.15, 0.2) is 0 Å². The molecule has 2 N–H and O–H groups in total. The van der Waals surface area contributed by atoms with E-state index in [0.29, 0.717) is 25.9 Å². The first-order valence-corrected chi connectivity index (χ1v) is 12.2. The predicted molar refractivity (Wildman–Crippen MR) is 128 cm³/mol. The monoisotopic (exact) mass is 478 g/mol. The zero-order chi connectivity index (χ0) is 24.5. The molecule has 35 heavy (non-hydrogen) atoms. The smallest absolute Gasteiger partial charge is 0.407 e. The van der Waals surface area contributed by atoms with Gasteiger partial charge in [-0.2, -0.15) is 0 Å². The maximum absolute atomic E-state index is 13.1. The molecule has 2 saturated heterocycles. The van der Waals surface area contributed by atoms with Crippen molar-refractivity contribution < 1.29 is 29.0 Å². The van der Waals surface area contributed by atoms with E-state index in [1.807, 2.05) is 31.2 Å². The van der Waals surface area contributed by atoms with E-state index in [0.717, 1.165) is 22.3 Å². The number of amides is 2. The lowest BCUT2D eigenvalue weighted by molar-refractivity contribution is -0.149. The molecule has 2 aromatic carbocycles. The average molecular weight is 479 g/mol. The molecule has 2 amide bonds. The topological polar surface area (TPSA) is 105 Å². The Morgan fingerprint density at radius 1 is 1.11 bits per heavy atom. The minimum Gasteiger partial charge on any atom is -0.480 e. The van der Waals surface area contributed by atoms with Crippen molar-refractivity contribution in [3.63, 3.8) is 0 Å². The number of alkyl carbamates (subject to hydrolysis) is 1. The number of hydrogen-bond donors (Lipinski definition) is 2. The third-order valence-electron chi connectivity index (χ3n) is 7.48. The second-order valence-corrected chi connectivity index (χ2v) is 9.44. The number of likely N-dealkylation sites (tertiary alicyclic amines) is 1. The maximum Gasteiger partial charge on any atom is 0.407 e. The molecule has 2 fully saturated rings. The van der Waals surface area contributed by atoms with Crippen LogP contribution in [0.2, 0.25) is 0 Å². The van der Waals surface area contributed by atoms with Gasteiger partial charge >= 0.3 is 12.1 Å². The number of benzene rings is 2. The lowest BCUT2D eigenvalue weighted by Crippen LogP contribution is -2.48. The second-order valence-electron chi connectivity index (χ2n) is 9.44. The summed E-state index contributed by atoms with van der Waals surface area (Å²) in [6, 6.07) is 14.7. The molecule has 5 rings (SSSR count). The van der Waals surface area contributed by atoms with Crippen LogP contribution in [0.1, 0.15) is 49.7 Å². The van der Waals surface area contributed by atoms with E-state index in [4.69, 9.17) is 9.47 Å². The van der Waals surface area contributed by atoms with Gasteiger partial charge in [-0.25, -0.2) is 9.59 Å². The van der Waals surface area contributed by atoms with Crippen molar-refractivity contribution >= 4 is 18.0 Å². The lowest BCUT2D eigenvalue weighted by Gasteiger charge is -2.28. The Bertz CT molecular complexity index is 1090. The normalized spacial score (nSPS) is 23.3. The Hall–Kier alpha value is -3.39. The number of rotatable bonds is 7. The first-order valence-electron chi connectivity index (χ1n) is 12.2. The SMILES string of the molecule is CC[C@H](CC(=O)N1C(C(=O)O)CC2OCCC21)NC(=O)OCC1c2ccccc2-c2ccccc21. The van der Waals surface area contributed by atoms with E-state index in [9.17, 15) is 19.5 Å². The highest BCUT2D eigenvalue weighted by atomic mass is 16.5. The third-order valence-corrected chi connectivity index (χ3v) is 7.48. The molecule has 2 aliphatic heterocycles. The van der Waals surface area contributed by atoms with Crippen LogP contribution in [0.3, 0.4) is 0 Å². The number of fused-ring (bicyclic) bond motifs is 4. The van der Waals surface area contributed by atoms with Crippen LogP contribution in [0.15, 0.2) is 48.5 Å². The summed E-state index contributed by atoms with van der Waals surface area (Å²) >= 11 is 0. The number of carbonyl (C=O) groups is 3. The fourth-order valence-electron chi connectivity index (χ4n) is 5.74. The molecular formula is C27H30N2O6. The fourth-order valence-corrected chi connectivity index (χ4v) is 5.74. The quantitative estimate of drug-likeness (QED) is 0.631. The molecule has 0 spiro atoms. The molecule has 1 aliphatic carbocycles. The minimum atomic E-state index is -1.02. The Morgan fingerprint density at radius 2 is 1.77 bits per heavy atom. The zero-order valence-electron chi connectivity index (χ0n) is 19.7. The Balaban J connectivity index is 1.20. The summed E-state index contributed by atoms with van der Waals surface area (Å²) in [5, 5.41) is 12.4. The molecule has 8 nitrogen and oxygen atoms in total. The van der Waals surface area contributed by atoms with Crippen LogP contribution in [0.5, 0.6) is 0 Å². The molecule has 4 atom stereocenters. The zero-order valence-corrected chi connectivity index (χ0v) is 19.7. The number of hydrogen-bond acceptors (Lipinski definition) is 5. The molecule has 2 aromatic rings. The minimum absolute atomic E-state index is 0.0215. The summed E-state index contributed by atoms with van der Waals surface area (Å²) in [5.74, 6) is -1.34. The van der Waals surface area contributed by atoms with Gasteiger partial charge in [0.25, 0.3) is 0 Å². The van der Waals surface area contributed by atoms with Crippen molar-refractivity contribution in [3.05, 3.63) is 59.7 Å². The third kappa shape index (κ3) is 4.38. The van der Waals surface area contributed by atoms with Crippen LogP contribution < -0.4 is 5.32 Å². The molecule has 3 aliphatic rings. The summed E-state index contributed by atoms with van der Waals surface area (Å²) in [7, 11) is 0. The van der Waals surface area contributed by atoms with Crippen LogP contribution >= 0.6 is 0 Å². The van der Waals surface area contributed by atoms with Crippen molar-refractivity contribution in [3.8, 4) is 11.1 Å². The van der Waals surface area contributed by atoms with Crippen LogP contribution in [0.4, 0.5) is 4.79 Å². The number of nitrogens with one attached hydrogen (secondary N) is 1. The maximum atomic E-state index is 13.1. The van der Waals surface area contributed by atoms with Crippen LogP contribution in [0.25, 0.3) is 11.1 Å².